The molecular weight excluding hydrogens is 199 g/mol. The Morgan fingerprint density at radius 2 is 2.07 bits per heavy atom. The normalized spacial score (nSPS) is 14.7. The zero-order valence-electron chi connectivity index (χ0n) is 8.01. The fraction of sp³-hybridized carbons (Fsp3) is 0.200. The highest BCUT2D eigenvalue weighted by Gasteiger charge is 2.20. The molecule has 0 aliphatic rings. The summed E-state index contributed by atoms with van der Waals surface area (Å²) in [5.74, 6) is 0. The van der Waals surface area contributed by atoms with Crippen molar-refractivity contribution in [3.05, 3.63) is 36.4 Å². The van der Waals surface area contributed by atoms with Gasteiger partial charge in [-0.25, -0.2) is 0 Å². The largest absolute Gasteiger partial charge is 0.358 e. The maximum absolute atomic E-state index is 11.5. The predicted molar refractivity (Wildman–Crippen MR) is 57.6 cm³/mol. The highest BCUT2D eigenvalue weighted by Crippen LogP contribution is 2.40. The third-order valence-corrected chi connectivity index (χ3v) is 3.32. The summed E-state index contributed by atoms with van der Waals surface area (Å²) in [4.78, 5) is 9.46. The summed E-state index contributed by atoms with van der Waals surface area (Å²) in [5, 5.41) is 0.310. The molecule has 1 unspecified atom stereocenters. The first-order chi connectivity index (χ1) is 6.60. The van der Waals surface area contributed by atoms with Crippen molar-refractivity contribution >= 4 is 19.0 Å². The van der Waals surface area contributed by atoms with Gasteiger partial charge in [0.15, 0.2) is 0 Å². The summed E-state index contributed by atoms with van der Waals surface area (Å²) in [6, 6.07) is 6.61. The van der Waals surface area contributed by atoms with E-state index in [-0.39, 0.29) is 6.61 Å². The summed E-state index contributed by atoms with van der Waals surface area (Å²) in [5.41, 5.74) is 0.908. The molecule has 76 valence electrons. The SMILES string of the molecule is C=Cc1ccc(P(=O)(O)OCC)cc1. The van der Waals surface area contributed by atoms with Crippen LogP contribution in [-0.4, -0.2) is 11.5 Å². The number of rotatable bonds is 4. The van der Waals surface area contributed by atoms with Crippen molar-refractivity contribution in [2.45, 2.75) is 6.92 Å². The summed E-state index contributed by atoms with van der Waals surface area (Å²) in [6.07, 6.45) is 1.67. The first kappa shape index (κ1) is 11.2. The minimum absolute atomic E-state index is 0.219. The molecule has 3 nitrogen and oxygen atoms in total. The molecule has 0 radical (unpaired) electrons. The fourth-order valence-corrected chi connectivity index (χ4v) is 2.07. The first-order valence-corrected chi connectivity index (χ1v) is 5.88. The minimum atomic E-state index is -3.61. The molecule has 0 heterocycles. The van der Waals surface area contributed by atoms with Gasteiger partial charge in [0.25, 0.3) is 0 Å². The number of hydrogen-bond donors (Lipinski definition) is 1. The molecule has 0 saturated heterocycles. The Morgan fingerprint density at radius 1 is 1.50 bits per heavy atom. The van der Waals surface area contributed by atoms with Crippen LogP contribution in [0.3, 0.4) is 0 Å². The van der Waals surface area contributed by atoms with E-state index in [0.717, 1.165) is 5.56 Å². The van der Waals surface area contributed by atoms with Crippen LogP contribution in [0.25, 0.3) is 6.08 Å². The Morgan fingerprint density at radius 3 is 2.50 bits per heavy atom. The van der Waals surface area contributed by atoms with Crippen molar-refractivity contribution in [2.75, 3.05) is 6.61 Å². The monoisotopic (exact) mass is 212 g/mol. The van der Waals surface area contributed by atoms with E-state index in [9.17, 15) is 9.46 Å². The lowest BCUT2D eigenvalue weighted by molar-refractivity contribution is 0.284. The Balaban J connectivity index is 2.96. The third kappa shape index (κ3) is 2.55. The second-order valence-electron chi connectivity index (χ2n) is 2.73. The van der Waals surface area contributed by atoms with Crippen LogP contribution in [0.2, 0.25) is 0 Å². The quantitative estimate of drug-likeness (QED) is 0.778. The molecule has 0 aliphatic heterocycles. The Labute approximate surface area is 83.6 Å². The van der Waals surface area contributed by atoms with Crippen LogP contribution in [0.5, 0.6) is 0 Å². The third-order valence-electron chi connectivity index (χ3n) is 1.76. The van der Waals surface area contributed by atoms with Crippen molar-refractivity contribution in [1.29, 1.82) is 0 Å². The van der Waals surface area contributed by atoms with Crippen LogP contribution in [-0.2, 0) is 9.09 Å². The number of hydrogen-bond acceptors (Lipinski definition) is 2. The zero-order valence-corrected chi connectivity index (χ0v) is 8.91. The van der Waals surface area contributed by atoms with Crippen molar-refractivity contribution in [1.82, 2.24) is 0 Å². The fourth-order valence-electron chi connectivity index (χ4n) is 1.05. The molecule has 14 heavy (non-hydrogen) atoms. The lowest BCUT2D eigenvalue weighted by atomic mass is 10.2. The molecule has 1 atom stereocenters. The lowest BCUT2D eigenvalue weighted by Gasteiger charge is -2.10. The van der Waals surface area contributed by atoms with E-state index >= 15 is 0 Å². The van der Waals surface area contributed by atoms with Crippen molar-refractivity contribution < 1.29 is 14.0 Å². The molecule has 0 spiro atoms. The molecule has 1 aromatic carbocycles. The molecule has 4 heteroatoms. The topological polar surface area (TPSA) is 46.5 Å². The molecule has 1 N–H and O–H groups in total. The number of benzene rings is 1. The van der Waals surface area contributed by atoms with E-state index in [1.807, 2.05) is 0 Å². The molecule has 0 aromatic heterocycles. The van der Waals surface area contributed by atoms with E-state index < -0.39 is 7.60 Å². The highest BCUT2D eigenvalue weighted by molar-refractivity contribution is 7.61. The average molecular weight is 212 g/mol. The summed E-state index contributed by atoms with van der Waals surface area (Å²) < 4.78 is 16.3. The Hall–Kier alpha value is -0.890. The summed E-state index contributed by atoms with van der Waals surface area (Å²) >= 11 is 0. The maximum Gasteiger partial charge on any atom is 0.358 e. The van der Waals surface area contributed by atoms with Gasteiger partial charge in [0.2, 0.25) is 0 Å². The zero-order chi connectivity index (χ0) is 10.6. The van der Waals surface area contributed by atoms with Crippen LogP contribution in [0.4, 0.5) is 0 Å². The Kier molecular flexibility index (Phi) is 3.64. The highest BCUT2D eigenvalue weighted by atomic mass is 31.2. The second-order valence-corrected chi connectivity index (χ2v) is 4.55. The van der Waals surface area contributed by atoms with Gasteiger partial charge in [-0.15, -0.1) is 0 Å². The van der Waals surface area contributed by atoms with Gasteiger partial charge in [0.05, 0.1) is 11.9 Å². The van der Waals surface area contributed by atoms with Crippen molar-refractivity contribution in [3.63, 3.8) is 0 Å². The van der Waals surface area contributed by atoms with Crippen LogP contribution in [0.1, 0.15) is 12.5 Å². The van der Waals surface area contributed by atoms with Gasteiger partial charge >= 0.3 is 7.60 Å². The van der Waals surface area contributed by atoms with E-state index in [1.54, 1.807) is 37.3 Å². The van der Waals surface area contributed by atoms with Gasteiger partial charge in [-0.1, -0.05) is 24.8 Å². The predicted octanol–water partition coefficient (Wildman–Crippen LogP) is 2.18. The van der Waals surface area contributed by atoms with Crippen LogP contribution >= 0.6 is 7.60 Å². The van der Waals surface area contributed by atoms with E-state index in [2.05, 4.69) is 6.58 Å². The van der Waals surface area contributed by atoms with Gasteiger partial charge in [-0.05, 0) is 24.6 Å². The maximum atomic E-state index is 11.5. The minimum Gasteiger partial charge on any atom is -0.321 e. The van der Waals surface area contributed by atoms with Gasteiger partial charge in [0, 0.05) is 0 Å². The summed E-state index contributed by atoms with van der Waals surface area (Å²) in [6.45, 7) is 5.50. The van der Waals surface area contributed by atoms with Crippen molar-refractivity contribution in [2.24, 2.45) is 0 Å². The Bertz CT molecular complexity index is 356. The van der Waals surface area contributed by atoms with Crippen LogP contribution in [0, 0.1) is 0 Å². The molecule has 0 bridgehead atoms. The van der Waals surface area contributed by atoms with Gasteiger partial charge in [-0.3, -0.25) is 4.57 Å². The second kappa shape index (κ2) is 4.56. The molecule has 0 fully saturated rings. The van der Waals surface area contributed by atoms with Gasteiger partial charge in [0.1, 0.15) is 0 Å². The molecule has 0 saturated carbocycles. The lowest BCUT2D eigenvalue weighted by Crippen LogP contribution is -2.06. The van der Waals surface area contributed by atoms with E-state index in [0.29, 0.717) is 5.30 Å². The smallest absolute Gasteiger partial charge is 0.321 e. The summed E-state index contributed by atoms with van der Waals surface area (Å²) in [7, 11) is -3.61. The van der Waals surface area contributed by atoms with E-state index in [1.165, 1.54) is 0 Å². The van der Waals surface area contributed by atoms with E-state index in [4.69, 9.17) is 4.52 Å². The van der Waals surface area contributed by atoms with Crippen LogP contribution in [0.15, 0.2) is 30.8 Å². The molecular formula is C10H13O3P. The molecule has 1 aromatic rings. The molecule has 1 rings (SSSR count). The first-order valence-electron chi connectivity index (χ1n) is 4.30. The van der Waals surface area contributed by atoms with Gasteiger partial charge in [-0.2, -0.15) is 0 Å². The molecule has 0 aliphatic carbocycles. The van der Waals surface area contributed by atoms with Crippen molar-refractivity contribution in [3.8, 4) is 0 Å². The standard InChI is InChI=1S/C10H13O3P/c1-3-9-5-7-10(8-6-9)14(11,12)13-4-2/h3,5-8H,1,4H2,2H3,(H,11,12). The average Bonchev–Trinajstić information content (AvgIpc) is 2.18. The van der Waals surface area contributed by atoms with Gasteiger partial charge < -0.3 is 9.42 Å². The molecule has 0 amide bonds. The van der Waals surface area contributed by atoms with Crippen LogP contribution < -0.4 is 5.30 Å².